The van der Waals surface area contributed by atoms with Gasteiger partial charge in [-0.2, -0.15) is 5.10 Å². The van der Waals surface area contributed by atoms with E-state index in [4.69, 9.17) is 10.5 Å². The second-order valence-corrected chi connectivity index (χ2v) is 3.68. The first-order chi connectivity index (χ1) is 8.45. The first kappa shape index (κ1) is 12.2. The average Bonchev–Trinajstić information content (AvgIpc) is 2.64. The summed E-state index contributed by atoms with van der Waals surface area (Å²) in [6.07, 6.45) is 0. The Morgan fingerprint density at radius 2 is 2.00 bits per heavy atom. The Hall–Kier alpha value is -2.31. The van der Waals surface area contributed by atoms with Crippen LogP contribution in [-0.2, 0) is 7.05 Å². The van der Waals surface area contributed by atoms with Gasteiger partial charge in [-0.05, 0) is 0 Å². The summed E-state index contributed by atoms with van der Waals surface area (Å²) in [5.74, 6) is -2.79. The Bertz CT molecular complexity index is 591. The number of nitrogen functional groups attached to an aromatic ring is 1. The lowest BCUT2D eigenvalue weighted by Crippen LogP contribution is -1.98. The summed E-state index contributed by atoms with van der Waals surface area (Å²) in [4.78, 5) is 0. The Morgan fingerprint density at radius 1 is 1.33 bits per heavy atom. The molecular weight excluding hydrogens is 244 g/mol. The minimum atomic E-state index is -1.11. The molecule has 0 saturated carbocycles. The van der Waals surface area contributed by atoms with E-state index in [1.807, 2.05) is 0 Å². The number of methoxy groups -OCH3 is 1. The van der Waals surface area contributed by atoms with Crippen molar-refractivity contribution in [2.45, 2.75) is 0 Å². The van der Waals surface area contributed by atoms with Crippen LogP contribution in [0.4, 0.5) is 14.6 Å². The molecule has 1 aromatic heterocycles. The van der Waals surface area contributed by atoms with Gasteiger partial charge in [-0.25, -0.2) is 8.78 Å². The first-order valence-corrected chi connectivity index (χ1v) is 5.00. The van der Waals surface area contributed by atoms with Gasteiger partial charge in [-0.15, -0.1) is 0 Å². The van der Waals surface area contributed by atoms with Gasteiger partial charge in [0.15, 0.2) is 23.1 Å². The molecule has 0 atom stereocenters. The van der Waals surface area contributed by atoms with Crippen molar-refractivity contribution in [2.24, 2.45) is 7.05 Å². The van der Waals surface area contributed by atoms with Crippen LogP contribution in [0.15, 0.2) is 12.1 Å². The number of phenols is 1. The molecule has 0 amide bonds. The van der Waals surface area contributed by atoms with Crippen molar-refractivity contribution < 1.29 is 18.6 Å². The van der Waals surface area contributed by atoms with Crippen LogP contribution >= 0.6 is 0 Å². The lowest BCUT2D eigenvalue weighted by atomic mass is 10.1. The third-order valence-electron chi connectivity index (χ3n) is 2.54. The minimum absolute atomic E-state index is 0.0146. The molecule has 2 aromatic rings. The van der Waals surface area contributed by atoms with E-state index in [2.05, 4.69) is 5.10 Å². The van der Waals surface area contributed by atoms with Crippen LogP contribution in [0.3, 0.4) is 0 Å². The monoisotopic (exact) mass is 255 g/mol. The molecule has 0 unspecified atom stereocenters. The van der Waals surface area contributed by atoms with E-state index in [9.17, 15) is 13.9 Å². The largest absolute Gasteiger partial charge is 0.505 e. The fourth-order valence-electron chi connectivity index (χ4n) is 1.58. The number of rotatable bonds is 2. The molecule has 0 spiro atoms. The number of aryl methyl sites for hydroxylation is 1. The molecule has 0 aliphatic heterocycles. The highest BCUT2D eigenvalue weighted by Crippen LogP contribution is 2.36. The number of aromatic hydroxyl groups is 1. The smallest absolute Gasteiger partial charge is 0.177 e. The molecule has 1 aromatic carbocycles. The number of nitrogens with two attached hydrogens (primary N) is 1. The van der Waals surface area contributed by atoms with Crippen LogP contribution in [0.2, 0.25) is 0 Å². The molecule has 2 rings (SSSR count). The third kappa shape index (κ3) is 1.73. The number of halogens is 2. The summed E-state index contributed by atoms with van der Waals surface area (Å²) in [5, 5.41) is 13.3. The fourth-order valence-corrected chi connectivity index (χ4v) is 1.58. The molecule has 0 aliphatic rings. The van der Waals surface area contributed by atoms with Crippen molar-refractivity contribution in [3.63, 3.8) is 0 Å². The summed E-state index contributed by atoms with van der Waals surface area (Å²) in [7, 11) is 2.75. The quantitative estimate of drug-likeness (QED) is 0.856. The number of phenolic OH excluding ortho intramolecular Hbond substituents is 1. The predicted octanol–water partition coefficient (Wildman–Crippen LogP) is 1.66. The second kappa shape index (κ2) is 4.17. The predicted molar refractivity (Wildman–Crippen MR) is 61.2 cm³/mol. The molecule has 0 saturated heterocycles. The number of anilines is 1. The van der Waals surface area contributed by atoms with E-state index in [1.54, 1.807) is 0 Å². The molecule has 5 nitrogen and oxygen atoms in total. The summed E-state index contributed by atoms with van der Waals surface area (Å²) >= 11 is 0. The van der Waals surface area contributed by atoms with Crippen molar-refractivity contribution in [1.82, 2.24) is 9.78 Å². The molecule has 96 valence electrons. The highest BCUT2D eigenvalue weighted by Gasteiger charge is 2.22. The standard InChI is InChI=1S/C11H11F2N3O2/c1-16-8(14)3-5(15-16)9-10(12)6(17)4-7(18-2)11(9)13/h3-4,17H,14H2,1-2H3. The molecule has 0 bridgehead atoms. The lowest BCUT2D eigenvalue weighted by Gasteiger charge is -2.08. The molecular formula is C11H11F2N3O2. The van der Waals surface area contributed by atoms with Gasteiger partial charge in [0.1, 0.15) is 11.5 Å². The summed E-state index contributed by atoms with van der Waals surface area (Å²) < 4.78 is 33.7. The summed E-state index contributed by atoms with van der Waals surface area (Å²) in [6, 6.07) is 2.17. The van der Waals surface area contributed by atoms with Crippen LogP contribution < -0.4 is 10.5 Å². The molecule has 0 radical (unpaired) electrons. The van der Waals surface area contributed by atoms with E-state index >= 15 is 0 Å². The fraction of sp³-hybridized carbons (Fsp3) is 0.182. The summed E-state index contributed by atoms with van der Waals surface area (Å²) in [5.41, 5.74) is 5.06. The van der Waals surface area contributed by atoms with Crippen LogP contribution in [0.25, 0.3) is 11.3 Å². The van der Waals surface area contributed by atoms with Crippen molar-refractivity contribution in [2.75, 3.05) is 12.8 Å². The van der Waals surface area contributed by atoms with Crippen molar-refractivity contribution in [3.8, 4) is 22.8 Å². The topological polar surface area (TPSA) is 73.3 Å². The normalized spacial score (nSPS) is 10.7. The van der Waals surface area contributed by atoms with Crippen molar-refractivity contribution in [1.29, 1.82) is 0 Å². The molecule has 7 heteroatoms. The van der Waals surface area contributed by atoms with Gasteiger partial charge >= 0.3 is 0 Å². The Kier molecular flexibility index (Phi) is 2.82. The SMILES string of the molecule is COc1cc(O)c(F)c(-c2cc(N)n(C)n2)c1F. The van der Waals surface area contributed by atoms with Gasteiger partial charge in [-0.3, -0.25) is 4.68 Å². The number of ether oxygens (including phenoxy) is 1. The average molecular weight is 255 g/mol. The number of hydrogen-bond acceptors (Lipinski definition) is 4. The minimum Gasteiger partial charge on any atom is -0.505 e. The van der Waals surface area contributed by atoms with Gasteiger partial charge < -0.3 is 15.6 Å². The van der Waals surface area contributed by atoms with Gasteiger partial charge in [-0.1, -0.05) is 0 Å². The molecule has 0 fully saturated rings. The maximum atomic E-state index is 14.0. The van der Waals surface area contributed by atoms with Gasteiger partial charge in [0.05, 0.1) is 12.7 Å². The number of benzene rings is 1. The van der Waals surface area contributed by atoms with E-state index in [0.717, 1.165) is 6.07 Å². The number of aromatic nitrogens is 2. The van der Waals surface area contributed by atoms with E-state index in [1.165, 1.54) is 24.9 Å². The molecule has 18 heavy (non-hydrogen) atoms. The third-order valence-corrected chi connectivity index (χ3v) is 2.54. The Labute approximate surface area is 101 Å². The van der Waals surface area contributed by atoms with E-state index < -0.39 is 22.9 Å². The lowest BCUT2D eigenvalue weighted by molar-refractivity contribution is 0.372. The van der Waals surface area contributed by atoms with Crippen LogP contribution in [0.1, 0.15) is 0 Å². The van der Waals surface area contributed by atoms with Crippen molar-refractivity contribution in [3.05, 3.63) is 23.8 Å². The highest BCUT2D eigenvalue weighted by molar-refractivity contribution is 5.68. The Morgan fingerprint density at radius 3 is 2.50 bits per heavy atom. The maximum Gasteiger partial charge on any atom is 0.177 e. The Balaban J connectivity index is 2.73. The van der Waals surface area contributed by atoms with Crippen LogP contribution in [0.5, 0.6) is 11.5 Å². The van der Waals surface area contributed by atoms with Gasteiger partial charge in [0, 0.05) is 19.2 Å². The van der Waals surface area contributed by atoms with E-state index in [0.29, 0.717) is 0 Å². The molecule has 0 aliphatic carbocycles. The zero-order valence-electron chi connectivity index (χ0n) is 9.74. The highest BCUT2D eigenvalue weighted by atomic mass is 19.1. The van der Waals surface area contributed by atoms with Crippen LogP contribution in [-0.4, -0.2) is 22.0 Å². The van der Waals surface area contributed by atoms with Gasteiger partial charge in [0.25, 0.3) is 0 Å². The van der Waals surface area contributed by atoms with Crippen LogP contribution in [0, 0.1) is 11.6 Å². The van der Waals surface area contributed by atoms with Gasteiger partial charge in [0.2, 0.25) is 0 Å². The number of nitrogens with zero attached hydrogens (tertiary/aromatic N) is 2. The maximum absolute atomic E-state index is 14.0. The zero-order chi connectivity index (χ0) is 13.4. The van der Waals surface area contributed by atoms with E-state index in [-0.39, 0.29) is 17.3 Å². The molecule has 3 N–H and O–H groups in total. The first-order valence-electron chi connectivity index (χ1n) is 5.00. The number of hydrogen-bond donors (Lipinski definition) is 2. The molecule has 1 heterocycles. The summed E-state index contributed by atoms with van der Waals surface area (Å²) in [6.45, 7) is 0. The zero-order valence-corrected chi connectivity index (χ0v) is 9.74. The van der Waals surface area contributed by atoms with Crippen molar-refractivity contribution >= 4 is 5.82 Å². The second-order valence-electron chi connectivity index (χ2n) is 3.68.